The summed E-state index contributed by atoms with van der Waals surface area (Å²) in [6.45, 7) is 0. The van der Waals surface area contributed by atoms with Crippen LogP contribution in [0.5, 0.6) is 23.0 Å². The van der Waals surface area contributed by atoms with Crippen LogP contribution in [0.3, 0.4) is 0 Å². The lowest BCUT2D eigenvalue weighted by atomic mass is 9.50. The summed E-state index contributed by atoms with van der Waals surface area (Å²) >= 11 is 0. The molecule has 176 valence electrons. The van der Waals surface area contributed by atoms with E-state index in [1.807, 2.05) is 12.1 Å². The van der Waals surface area contributed by atoms with E-state index in [0.29, 0.717) is 40.8 Å². The molecule has 0 saturated heterocycles. The van der Waals surface area contributed by atoms with Gasteiger partial charge in [0.2, 0.25) is 0 Å². The van der Waals surface area contributed by atoms with Crippen molar-refractivity contribution in [1.29, 1.82) is 0 Å². The van der Waals surface area contributed by atoms with E-state index in [2.05, 4.69) is 6.07 Å². The Morgan fingerprint density at radius 2 is 1.18 bits per heavy atom. The fourth-order valence-electron chi connectivity index (χ4n) is 6.84. The standard InChI is InChI=1S/C28H28F2N2O2/c29-19-1-5-25(23(31)12-19)33-21-3-4-22(27(14-21)34-26-6-2-20(30)13-24(26)32)28-17-8-15-7-16(10-17)11-18(28)9-15/h1-6,12-18,28H,7-11,31-32H2. The number of nitrogens with two attached hydrogens (primary N) is 2. The zero-order valence-electron chi connectivity index (χ0n) is 18.8. The Hall–Kier alpha value is -3.28. The van der Waals surface area contributed by atoms with Gasteiger partial charge >= 0.3 is 0 Å². The van der Waals surface area contributed by atoms with Gasteiger partial charge in [0.15, 0.2) is 11.5 Å². The second-order valence-corrected chi connectivity index (χ2v) is 10.2. The van der Waals surface area contributed by atoms with E-state index >= 15 is 0 Å². The minimum absolute atomic E-state index is 0.218. The van der Waals surface area contributed by atoms with E-state index in [0.717, 1.165) is 17.4 Å². The van der Waals surface area contributed by atoms with Gasteiger partial charge in [-0.1, -0.05) is 6.07 Å². The maximum atomic E-state index is 13.6. The molecule has 0 spiro atoms. The van der Waals surface area contributed by atoms with Gasteiger partial charge in [-0.3, -0.25) is 0 Å². The van der Waals surface area contributed by atoms with Gasteiger partial charge in [0.25, 0.3) is 0 Å². The smallest absolute Gasteiger partial charge is 0.150 e. The van der Waals surface area contributed by atoms with E-state index < -0.39 is 11.6 Å². The molecule has 0 atom stereocenters. The molecule has 3 aromatic carbocycles. The molecular formula is C28H28F2N2O2. The Balaban J connectivity index is 1.38. The summed E-state index contributed by atoms with van der Waals surface area (Å²) in [5.41, 5.74) is 13.6. The molecule has 4 fully saturated rings. The highest BCUT2D eigenvalue weighted by Gasteiger charge is 2.49. The van der Waals surface area contributed by atoms with E-state index in [1.54, 1.807) is 6.07 Å². The van der Waals surface area contributed by atoms with Gasteiger partial charge in [0.1, 0.15) is 23.1 Å². The highest BCUT2D eigenvalue weighted by atomic mass is 19.1. The van der Waals surface area contributed by atoms with Crippen LogP contribution in [-0.4, -0.2) is 0 Å². The Kier molecular flexibility index (Phi) is 5.12. The number of anilines is 2. The summed E-state index contributed by atoms with van der Waals surface area (Å²) in [5.74, 6) is 4.60. The first-order valence-corrected chi connectivity index (χ1v) is 12.0. The molecule has 7 rings (SSSR count). The zero-order chi connectivity index (χ0) is 23.4. The summed E-state index contributed by atoms with van der Waals surface area (Å²) < 4.78 is 39.4. The van der Waals surface area contributed by atoms with Crippen molar-refractivity contribution >= 4 is 11.4 Å². The van der Waals surface area contributed by atoms with Crippen LogP contribution in [0.2, 0.25) is 0 Å². The number of ether oxygens (including phenoxy) is 2. The Bertz CT molecular complexity index is 1220. The molecule has 0 heterocycles. The average Bonchev–Trinajstić information content (AvgIpc) is 2.78. The molecule has 4 aliphatic rings. The van der Waals surface area contributed by atoms with Crippen molar-refractivity contribution in [2.45, 2.75) is 38.0 Å². The lowest BCUT2D eigenvalue weighted by Gasteiger charge is -2.54. The molecule has 4 N–H and O–H groups in total. The van der Waals surface area contributed by atoms with Crippen molar-refractivity contribution in [3.8, 4) is 23.0 Å². The molecule has 4 nitrogen and oxygen atoms in total. The Morgan fingerprint density at radius 3 is 1.74 bits per heavy atom. The maximum Gasteiger partial charge on any atom is 0.150 e. The van der Waals surface area contributed by atoms with Crippen molar-refractivity contribution in [3.05, 3.63) is 71.8 Å². The van der Waals surface area contributed by atoms with Gasteiger partial charge in [-0.2, -0.15) is 0 Å². The van der Waals surface area contributed by atoms with Gasteiger partial charge < -0.3 is 20.9 Å². The predicted molar refractivity (Wildman–Crippen MR) is 128 cm³/mol. The molecule has 6 heteroatoms. The first kappa shape index (κ1) is 21.3. The minimum Gasteiger partial charge on any atom is -0.455 e. The first-order chi connectivity index (χ1) is 16.4. The van der Waals surface area contributed by atoms with Crippen molar-refractivity contribution < 1.29 is 18.3 Å². The topological polar surface area (TPSA) is 70.5 Å². The summed E-state index contributed by atoms with van der Waals surface area (Å²) in [4.78, 5) is 0. The van der Waals surface area contributed by atoms with Gasteiger partial charge in [-0.25, -0.2) is 8.78 Å². The van der Waals surface area contributed by atoms with Crippen LogP contribution in [0.4, 0.5) is 20.2 Å². The fourth-order valence-corrected chi connectivity index (χ4v) is 6.84. The Labute approximate surface area is 197 Å². The molecule has 0 aromatic heterocycles. The number of nitrogen functional groups attached to an aromatic ring is 2. The van der Waals surface area contributed by atoms with Crippen LogP contribution < -0.4 is 20.9 Å². The fraction of sp³-hybridized carbons (Fsp3) is 0.357. The second kappa shape index (κ2) is 8.19. The van der Waals surface area contributed by atoms with Crippen molar-refractivity contribution in [3.63, 3.8) is 0 Å². The predicted octanol–water partition coefficient (Wildman–Crippen LogP) is 7.25. The molecule has 4 bridgehead atoms. The quantitative estimate of drug-likeness (QED) is 0.392. The molecule has 3 aromatic rings. The number of hydrogen-bond donors (Lipinski definition) is 2. The van der Waals surface area contributed by atoms with E-state index in [9.17, 15) is 8.78 Å². The number of benzene rings is 3. The minimum atomic E-state index is -0.419. The van der Waals surface area contributed by atoms with Crippen molar-refractivity contribution in [2.24, 2.45) is 23.7 Å². The largest absolute Gasteiger partial charge is 0.455 e. The maximum absolute atomic E-state index is 13.6. The van der Waals surface area contributed by atoms with Crippen molar-refractivity contribution in [1.82, 2.24) is 0 Å². The third-order valence-corrected chi connectivity index (χ3v) is 7.96. The molecule has 4 saturated carbocycles. The Morgan fingerprint density at radius 1 is 0.618 bits per heavy atom. The number of hydrogen-bond acceptors (Lipinski definition) is 4. The summed E-state index contributed by atoms with van der Waals surface area (Å²) in [7, 11) is 0. The third kappa shape index (κ3) is 3.85. The van der Waals surface area contributed by atoms with Crippen LogP contribution in [0, 0.1) is 35.3 Å². The monoisotopic (exact) mass is 462 g/mol. The third-order valence-electron chi connectivity index (χ3n) is 7.96. The van der Waals surface area contributed by atoms with Crippen LogP contribution in [-0.2, 0) is 0 Å². The summed E-state index contributed by atoms with van der Waals surface area (Å²) in [6.07, 6.45) is 6.50. The van der Waals surface area contributed by atoms with Gasteiger partial charge in [-0.15, -0.1) is 0 Å². The summed E-state index contributed by atoms with van der Waals surface area (Å²) in [5, 5.41) is 0. The molecule has 0 unspecified atom stereocenters. The average molecular weight is 463 g/mol. The van der Waals surface area contributed by atoms with Gasteiger partial charge in [0.05, 0.1) is 11.4 Å². The lowest BCUT2D eigenvalue weighted by Crippen LogP contribution is -2.43. The van der Waals surface area contributed by atoms with E-state index in [4.69, 9.17) is 20.9 Å². The van der Waals surface area contributed by atoms with Gasteiger partial charge in [-0.05, 0) is 97.6 Å². The van der Waals surface area contributed by atoms with Crippen LogP contribution in [0.15, 0.2) is 54.6 Å². The zero-order valence-corrected chi connectivity index (χ0v) is 18.8. The van der Waals surface area contributed by atoms with E-state index in [-0.39, 0.29) is 11.4 Å². The van der Waals surface area contributed by atoms with Crippen LogP contribution in [0.25, 0.3) is 0 Å². The molecule has 0 amide bonds. The normalized spacial score (nSPS) is 27.1. The highest BCUT2D eigenvalue weighted by Crippen LogP contribution is 2.61. The van der Waals surface area contributed by atoms with Crippen LogP contribution in [0.1, 0.15) is 43.6 Å². The second-order valence-electron chi connectivity index (χ2n) is 10.2. The van der Waals surface area contributed by atoms with Gasteiger partial charge in [0, 0.05) is 18.2 Å². The number of rotatable bonds is 5. The van der Waals surface area contributed by atoms with E-state index in [1.165, 1.54) is 62.4 Å². The lowest BCUT2D eigenvalue weighted by molar-refractivity contribution is -0.00336. The van der Waals surface area contributed by atoms with Crippen molar-refractivity contribution in [2.75, 3.05) is 11.5 Å². The first-order valence-electron chi connectivity index (χ1n) is 12.0. The molecule has 0 radical (unpaired) electrons. The molecular weight excluding hydrogens is 434 g/mol. The van der Waals surface area contributed by atoms with Crippen LogP contribution >= 0.6 is 0 Å². The number of halogens is 2. The molecule has 34 heavy (non-hydrogen) atoms. The SMILES string of the molecule is Nc1cc(F)ccc1Oc1ccc(C2C3CC4CC(C3)CC2C4)c(Oc2ccc(F)cc2N)c1. The molecule has 4 aliphatic carbocycles. The summed E-state index contributed by atoms with van der Waals surface area (Å²) in [6, 6.07) is 14.0. The highest BCUT2D eigenvalue weighted by molar-refractivity contribution is 5.57. The molecule has 0 aliphatic heterocycles.